The molecule has 0 bridgehead atoms. The highest BCUT2D eigenvalue weighted by molar-refractivity contribution is 7.47. The first kappa shape index (κ1) is 74.9. The molecule has 0 aromatic carbocycles. The summed E-state index contributed by atoms with van der Waals surface area (Å²) in [6, 6.07) is 0. The molecule has 10 heteroatoms. The van der Waals surface area contributed by atoms with Gasteiger partial charge in [-0.25, -0.2) is 4.57 Å². The summed E-state index contributed by atoms with van der Waals surface area (Å²) >= 11 is 0. The van der Waals surface area contributed by atoms with Crippen LogP contribution in [0.4, 0.5) is 0 Å². The molecule has 0 aliphatic rings. The number of carbonyl (C=O) groups excluding carboxylic acids is 2. The molecule has 2 atom stereocenters. The van der Waals surface area contributed by atoms with Crippen molar-refractivity contribution in [1.82, 2.24) is 0 Å². The van der Waals surface area contributed by atoms with Crippen LogP contribution in [0.15, 0.2) is 97.2 Å². The molecule has 0 radical (unpaired) electrons. The summed E-state index contributed by atoms with van der Waals surface area (Å²) in [7, 11) is 1.45. The van der Waals surface area contributed by atoms with Gasteiger partial charge in [-0.15, -0.1) is 0 Å². The third kappa shape index (κ3) is 62.1. The fourth-order valence-corrected chi connectivity index (χ4v) is 9.51. The van der Waals surface area contributed by atoms with Crippen LogP contribution in [0.25, 0.3) is 0 Å². The van der Waals surface area contributed by atoms with Crippen LogP contribution in [0.1, 0.15) is 271 Å². The Bertz CT molecular complexity index is 1640. The summed E-state index contributed by atoms with van der Waals surface area (Å²) in [6.07, 6.45) is 81.0. The van der Waals surface area contributed by atoms with E-state index in [4.69, 9.17) is 18.5 Å². The fraction of sp³-hybridized carbons (Fsp3) is 0.735. The van der Waals surface area contributed by atoms with Gasteiger partial charge < -0.3 is 18.9 Å². The minimum absolute atomic E-state index is 0.0229. The van der Waals surface area contributed by atoms with Gasteiger partial charge in [0.1, 0.15) is 19.8 Å². The van der Waals surface area contributed by atoms with Gasteiger partial charge in [0.25, 0.3) is 0 Å². The minimum Gasteiger partial charge on any atom is -0.462 e. The van der Waals surface area contributed by atoms with E-state index in [1.54, 1.807) is 0 Å². The zero-order chi connectivity index (χ0) is 57.0. The topological polar surface area (TPSA) is 108 Å². The number of unbranched alkanes of at least 4 members (excludes halogenated alkanes) is 28. The summed E-state index contributed by atoms with van der Waals surface area (Å²) in [4.78, 5) is 35.7. The van der Waals surface area contributed by atoms with E-state index in [0.717, 1.165) is 77.0 Å². The van der Waals surface area contributed by atoms with Gasteiger partial charge in [-0.3, -0.25) is 18.6 Å². The van der Waals surface area contributed by atoms with Crippen molar-refractivity contribution in [2.24, 2.45) is 0 Å². The van der Waals surface area contributed by atoms with Crippen LogP contribution >= 0.6 is 7.82 Å². The molecule has 0 amide bonds. The Hall–Kier alpha value is -3.07. The van der Waals surface area contributed by atoms with Gasteiger partial charge >= 0.3 is 19.8 Å². The van der Waals surface area contributed by atoms with E-state index in [0.29, 0.717) is 23.9 Å². The third-order valence-electron chi connectivity index (χ3n) is 13.6. The summed E-state index contributed by atoms with van der Waals surface area (Å²) in [5.41, 5.74) is 0. The number of nitrogens with zero attached hydrogens (tertiary/aromatic N) is 1. The molecule has 0 aliphatic carbocycles. The van der Waals surface area contributed by atoms with E-state index < -0.39 is 32.5 Å². The molecule has 0 spiro atoms. The van der Waals surface area contributed by atoms with Crippen LogP contribution in [-0.2, 0) is 32.7 Å². The molecule has 9 nitrogen and oxygen atoms in total. The fourth-order valence-electron chi connectivity index (χ4n) is 8.76. The third-order valence-corrected chi connectivity index (χ3v) is 14.6. The largest absolute Gasteiger partial charge is 0.472 e. The Morgan fingerprint density at radius 2 is 0.692 bits per heavy atom. The summed E-state index contributed by atoms with van der Waals surface area (Å²) in [6.45, 7) is 4.17. The number of allylic oxidation sites excluding steroid dienone is 16. The number of likely N-dealkylation sites (N-methyl/N-ethyl adjacent to an activating group) is 1. The number of rotatable bonds is 58. The Kier molecular flexibility index (Phi) is 56.3. The second-order valence-electron chi connectivity index (χ2n) is 22.4. The van der Waals surface area contributed by atoms with Gasteiger partial charge in [-0.1, -0.05) is 265 Å². The summed E-state index contributed by atoms with van der Waals surface area (Å²) in [5, 5.41) is 0. The summed E-state index contributed by atoms with van der Waals surface area (Å²) < 4.78 is 34.5. The lowest BCUT2D eigenvalue weighted by atomic mass is 10.0. The average Bonchev–Trinajstić information content (AvgIpc) is 3.41. The number of ether oxygens (including phenoxy) is 2. The smallest absolute Gasteiger partial charge is 0.462 e. The van der Waals surface area contributed by atoms with Gasteiger partial charge in [0.2, 0.25) is 0 Å². The first-order valence-corrected chi connectivity index (χ1v) is 33.5. The Labute approximate surface area is 481 Å². The average molecular weight is 1110 g/mol. The van der Waals surface area contributed by atoms with Crippen LogP contribution in [0.2, 0.25) is 0 Å². The maximum Gasteiger partial charge on any atom is 0.472 e. The Morgan fingerprint density at radius 3 is 1.05 bits per heavy atom. The van der Waals surface area contributed by atoms with E-state index in [1.165, 1.54) is 154 Å². The molecule has 2 unspecified atom stereocenters. The first-order valence-electron chi connectivity index (χ1n) is 32.0. The van der Waals surface area contributed by atoms with Crippen LogP contribution in [0.5, 0.6) is 0 Å². The highest BCUT2D eigenvalue weighted by atomic mass is 31.2. The Morgan fingerprint density at radius 1 is 0.397 bits per heavy atom. The van der Waals surface area contributed by atoms with Crippen molar-refractivity contribution in [2.75, 3.05) is 47.5 Å². The standard InChI is InChI=1S/C68H120NO8P/c1-6-8-10-12-14-16-18-20-22-23-24-25-26-27-28-29-30-31-32-33-34-35-36-37-38-39-40-41-42-43-44-45-47-49-51-53-55-57-59-61-68(71)77-66(65-76-78(72,73)75-63-62-69(3,4)5)64-74-67(70)60-58-56-54-52-50-48-46-21-19-17-15-13-11-9-7-2/h8-11,14-17,20-22,24-25,46,50,52,66H,6-7,12-13,18-19,23,26-45,47-49,51,53-65H2,1-5H3/p+1/b10-8-,11-9-,16-14-,17-15-,22-20-,25-24-,46-21-,52-50-. The number of quaternary nitrogens is 1. The zero-order valence-electron chi connectivity index (χ0n) is 51.1. The zero-order valence-corrected chi connectivity index (χ0v) is 52.0. The van der Waals surface area contributed by atoms with Crippen molar-refractivity contribution in [1.29, 1.82) is 0 Å². The number of carbonyl (C=O) groups is 2. The number of phosphoric acid groups is 1. The maximum absolute atomic E-state index is 12.8. The monoisotopic (exact) mass is 1110 g/mol. The van der Waals surface area contributed by atoms with Crippen LogP contribution in [0.3, 0.4) is 0 Å². The van der Waals surface area contributed by atoms with Crippen molar-refractivity contribution in [3.63, 3.8) is 0 Å². The molecule has 0 saturated carbocycles. The van der Waals surface area contributed by atoms with Gasteiger partial charge in [-0.05, 0) is 89.9 Å². The predicted octanol–water partition coefficient (Wildman–Crippen LogP) is 20.4. The van der Waals surface area contributed by atoms with Gasteiger partial charge in [0.05, 0.1) is 27.7 Å². The van der Waals surface area contributed by atoms with Gasteiger partial charge in [0, 0.05) is 12.8 Å². The molecular formula is C68H121NO8P+. The molecule has 0 heterocycles. The molecule has 0 rings (SSSR count). The molecule has 78 heavy (non-hydrogen) atoms. The lowest BCUT2D eigenvalue weighted by Gasteiger charge is -2.24. The van der Waals surface area contributed by atoms with Crippen molar-refractivity contribution in [3.05, 3.63) is 97.2 Å². The second-order valence-corrected chi connectivity index (χ2v) is 23.8. The van der Waals surface area contributed by atoms with Crippen molar-refractivity contribution < 1.29 is 42.1 Å². The molecular weight excluding hydrogens is 990 g/mol. The second kappa shape index (κ2) is 58.6. The van der Waals surface area contributed by atoms with E-state index in [1.807, 2.05) is 21.1 Å². The molecule has 450 valence electrons. The van der Waals surface area contributed by atoms with Crippen molar-refractivity contribution in [2.45, 2.75) is 277 Å². The summed E-state index contributed by atoms with van der Waals surface area (Å²) in [5.74, 6) is -0.842. The lowest BCUT2D eigenvalue weighted by Crippen LogP contribution is -2.37. The minimum atomic E-state index is -4.40. The number of hydrogen-bond acceptors (Lipinski definition) is 7. The van der Waals surface area contributed by atoms with Crippen LogP contribution in [0, 0.1) is 0 Å². The van der Waals surface area contributed by atoms with Crippen LogP contribution < -0.4 is 0 Å². The lowest BCUT2D eigenvalue weighted by molar-refractivity contribution is -0.870. The van der Waals surface area contributed by atoms with E-state index in [9.17, 15) is 19.0 Å². The normalized spacial score (nSPS) is 13.9. The first-order chi connectivity index (χ1) is 38.0. The molecule has 0 aromatic rings. The quantitative estimate of drug-likeness (QED) is 0.0211. The SMILES string of the molecule is CC/C=C\C/C=C\C/C=C\C/C=C\CCCCCCCCCCCCCCCCCCCCCCCCCCCCC(=O)OC(COC(=O)CCCC/C=C\C/C=C\C/C=C\C/C=C\CC)COP(=O)(O)OCC[N+](C)(C)C. The number of phosphoric ester groups is 1. The molecule has 0 saturated heterocycles. The van der Waals surface area contributed by atoms with E-state index in [2.05, 4.69) is 111 Å². The molecule has 0 aromatic heterocycles. The molecule has 0 fully saturated rings. The Balaban J connectivity index is 3.94. The van der Waals surface area contributed by atoms with E-state index in [-0.39, 0.29) is 26.1 Å². The van der Waals surface area contributed by atoms with Crippen LogP contribution in [-0.4, -0.2) is 74.9 Å². The molecule has 1 N–H and O–H groups in total. The predicted molar refractivity (Wildman–Crippen MR) is 335 cm³/mol. The van der Waals surface area contributed by atoms with E-state index >= 15 is 0 Å². The van der Waals surface area contributed by atoms with Crippen molar-refractivity contribution in [3.8, 4) is 0 Å². The van der Waals surface area contributed by atoms with Crippen molar-refractivity contribution >= 4 is 19.8 Å². The number of esters is 2. The maximum atomic E-state index is 12.8. The highest BCUT2D eigenvalue weighted by Gasteiger charge is 2.27. The molecule has 0 aliphatic heterocycles. The van der Waals surface area contributed by atoms with Gasteiger partial charge in [0.15, 0.2) is 6.10 Å². The highest BCUT2D eigenvalue weighted by Crippen LogP contribution is 2.43. The number of hydrogen-bond donors (Lipinski definition) is 1. The van der Waals surface area contributed by atoms with Gasteiger partial charge in [-0.2, -0.15) is 0 Å².